The van der Waals surface area contributed by atoms with Gasteiger partial charge in [-0.15, -0.1) is 0 Å². The third-order valence-electron chi connectivity index (χ3n) is 1.90. The zero-order valence-corrected chi connectivity index (χ0v) is 8.66. The summed E-state index contributed by atoms with van der Waals surface area (Å²) in [5.41, 5.74) is 2.43. The van der Waals surface area contributed by atoms with E-state index in [9.17, 15) is 4.79 Å². The van der Waals surface area contributed by atoms with Crippen LogP contribution in [0.5, 0.6) is 0 Å². The van der Waals surface area contributed by atoms with Crippen molar-refractivity contribution in [3.63, 3.8) is 0 Å². The number of carbonyl (C=O) groups is 1. The number of aryl methyl sites for hydroxylation is 1. The number of aliphatic imine (C=N–C) groups is 1. The molecule has 0 N–H and O–H groups in total. The maximum absolute atomic E-state index is 10.6. The van der Waals surface area contributed by atoms with Crippen LogP contribution in [0.1, 0.15) is 24.5 Å². The van der Waals surface area contributed by atoms with Crippen molar-refractivity contribution >= 4 is 12.0 Å². The van der Waals surface area contributed by atoms with Crippen LogP contribution in [0.3, 0.4) is 0 Å². The zero-order chi connectivity index (χ0) is 10.4. The fourth-order valence-corrected chi connectivity index (χ4v) is 1.06. The molecule has 0 spiro atoms. The molecule has 2 nitrogen and oxygen atoms in total. The van der Waals surface area contributed by atoms with Gasteiger partial charge in [-0.1, -0.05) is 29.8 Å². The van der Waals surface area contributed by atoms with E-state index in [-0.39, 0.29) is 5.78 Å². The number of ketones is 1. The third kappa shape index (κ3) is 3.99. The van der Waals surface area contributed by atoms with Crippen molar-refractivity contribution in [2.75, 3.05) is 0 Å². The molecule has 0 radical (unpaired) electrons. The van der Waals surface area contributed by atoms with Crippen molar-refractivity contribution in [2.45, 2.75) is 26.8 Å². The van der Waals surface area contributed by atoms with Gasteiger partial charge in [0.25, 0.3) is 0 Å². The number of hydrogen-bond acceptors (Lipinski definition) is 2. The fraction of sp³-hybridized carbons (Fsp3) is 0.333. The Morgan fingerprint density at radius 1 is 1.36 bits per heavy atom. The Morgan fingerprint density at radius 3 is 2.57 bits per heavy atom. The Bertz CT molecular complexity index is 325. The maximum atomic E-state index is 10.6. The molecule has 0 bridgehead atoms. The van der Waals surface area contributed by atoms with Crippen LogP contribution >= 0.6 is 0 Å². The highest BCUT2D eigenvalue weighted by molar-refractivity contribution is 5.89. The number of carbonyl (C=O) groups excluding carboxylic acids is 1. The normalized spacial score (nSPS) is 10.7. The topological polar surface area (TPSA) is 29.4 Å². The van der Waals surface area contributed by atoms with Gasteiger partial charge in [0.1, 0.15) is 5.78 Å². The molecule has 0 aliphatic rings. The molecule has 1 aromatic rings. The van der Waals surface area contributed by atoms with Crippen molar-refractivity contribution in [1.82, 2.24) is 0 Å². The lowest BCUT2D eigenvalue weighted by molar-refractivity contribution is -0.115. The lowest BCUT2D eigenvalue weighted by Crippen LogP contribution is -1.90. The Hall–Kier alpha value is -1.44. The molecule has 2 heteroatoms. The summed E-state index contributed by atoms with van der Waals surface area (Å²) in [6.07, 6.45) is 2.12. The monoisotopic (exact) mass is 189 g/mol. The average Bonchev–Trinajstić information content (AvgIpc) is 2.15. The first-order valence-electron chi connectivity index (χ1n) is 4.72. The molecule has 1 rings (SSSR count). The summed E-state index contributed by atoms with van der Waals surface area (Å²) in [5, 5.41) is 0. The van der Waals surface area contributed by atoms with Gasteiger partial charge < -0.3 is 0 Å². The molecule has 0 atom stereocenters. The highest BCUT2D eigenvalue weighted by Crippen LogP contribution is 2.03. The Labute approximate surface area is 84.7 Å². The van der Waals surface area contributed by atoms with Crippen LogP contribution < -0.4 is 0 Å². The predicted octanol–water partition coefficient (Wildman–Crippen LogP) is 2.54. The summed E-state index contributed by atoms with van der Waals surface area (Å²) in [6.45, 7) is 4.29. The van der Waals surface area contributed by atoms with Crippen LogP contribution in [-0.4, -0.2) is 12.0 Å². The molecule has 0 heterocycles. The van der Waals surface area contributed by atoms with E-state index in [0.717, 1.165) is 0 Å². The summed E-state index contributed by atoms with van der Waals surface area (Å²) < 4.78 is 0. The third-order valence-corrected chi connectivity index (χ3v) is 1.90. The highest BCUT2D eigenvalue weighted by atomic mass is 16.1. The molecular formula is C12H15NO. The predicted molar refractivity (Wildman–Crippen MR) is 58.7 cm³/mol. The Morgan fingerprint density at radius 2 is 2.00 bits per heavy atom. The summed E-state index contributed by atoms with van der Waals surface area (Å²) in [5.74, 6) is 0.151. The molecule has 0 fully saturated rings. The van der Waals surface area contributed by atoms with E-state index in [1.54, 1.807) is 13.1 Å². The number of nitrogens with zero attached hydrogens (tertiary/aromatic N) is 1. The molecule has 0 saturated carbocycles. The van der Waals surface area contributed by atoms with Gasteiger partial charge in [-0.05, 0) is 19.4 Å². The largest absolute Gasteiger partial charge is 0.300 e. The second kappa shape index (κ2) is 5.32. The highest BCUT2D eigenvalue weighted by Gasteiger charge is 1.90. The molecule has 0 unspecified atom stereocenters. The average molecular weight is 189 g/mol. The van der Waals surface area contributed by atoms with Gasteiger partial charge in [0.15, 0.2) is 0 Å². The summed E-state index contributed by atoms with van der Waals surface area (Å²) in [6, 6.07) is 8.24. The van der Waals surface area contributed by atoms with Crippen molar-refractivity contribution in [2.24, 2.45) is 4.99 Å². The molecule has 74 valence electrons. The zero-order valence-electron chi connectivity index (χ0n) is 8.66. The summed E-state index contributed by atoms with van der Waals surface area (Å²) in [7, 11) is 0. The smallest absolute Gasteiger partial charge is 0.135 e. The van der Waals surface area contributed by atoms with Gasteiger partial charge in [0, 0.05) is 12.6 Å². The quantitative estimate of drug-likeness (QED) is 0.669. The number of hydrogen-bond donors (Lipinski definition) is 0. The summed E-state index contributed by atoms with van der Waals surface area (Å²) >= 11 is 0. The van der Waals surface area contributed by atoms with Crippen molar-refractivity contribution in [3.8, 4) is 0 Å². The van der Waals surface area contributed by atoms with E-state index >= 15 is 0 Å². The first-order chi connectivity index (χ1) is 6.68. The van der Waals surface area contributed by atoms with E-state index < -0.39 is 0 Å². The fourth-order valence-electron chi connectivity index (χ4n) is 1.06. The maximum Gasteiger partial charge on any atom is 0.135 e. The van der Waals surface area contributed by atoms with Crippen LogP contribution in [-0.2, 0) is 11.3 Å². The molecule has 14 heavy (non-hydrogen) atoms. The van der Waals surface area contributed by atoms with Crippen molar-refractivity contribution in [3.05, 3.63) is 35.4 Å². The second-order valence-corrected chi connectivity index (χ2v) is 3.42. The lowest BCUT2D eigenvalue weighted by atomic mass is 10.1. The van der Waals surface area contributed by atoms with Gasteiger partial charge in [0.2, 0.25) is 0 Å². The van der Waals surface area contributed by atoms with Crippen LogP contribution in [0.25, 0.3) is 0 Å². The number of benzene rings is 1. The van der Waals surface area contributed by atoms with Gasteiger partial charge in [-0.25, -0.2) is 0 Å². The molecule has 0 aliphatic heterocycles. The Kier molecular flexibility index (Phi) is 4.05. The molecule has 0 aliphatic carbocycles. The molecule has 0 amide bonds. The molecule has 0 saturated heterocycles. The Balaban J connectivity index is 2.42. The van der Waals surface area contributed by atoms with Crippen LogP contribution in [0, 0.1) is 6.92 Å². The SMILES string of the molecule is CC(=O)CC=NCc1ccc(C)cc1. The minimum absolute atomic E-state index is 0.151. The van der Waals surface area contributed by atoms with E-state index in [1.165, 1.54) is 11.1 Å². The van der Waals surface area contributed by atoms with Gasteiger partial charge in [0.05, 0.1) is 6.54 Å². The van der Waals surface area contributed by atoms with E-state index in [4.69, 9.17) is 0 Å². The van der Waals surface area contributed by atoms with Crippen LogP contribution in [0.4, 0.5) is 0 Å². The second-order valence-electron chi connectivity index (χ2n) is 3.42. The van der Waals surface area contributed by atoms with Crippen molar-refractivity contribution in [1.29, 1.82) is 0 Å². The standard InChI is InChI=1S/C12H15NO/c1-10-3-5-12(6-4-10)9-13-8-7-11(2)14/h3-6,8H,7,9H2,1-2H3. The van der Waals surface area contributed by atoms with Crippen LogP contribution in [0.2, 0.25) is 0 Å². The van der Waals surface area contributed by atoms with Gasteiger partial charge in [-0.3, -0.25) is 9.79 Å². The molecule has 0 aromatic heterocycles. The van der Waals surface area contributed by atoms with Gasteiger partial charge >= 0.3 is 0 Å². The first-order valence-corrected chi connectivity index (χ1v) is 4.72. The van der Waals surface area contributed by atoms with E-state index in [0.29, 0.717) is 13.0 Å². The molecular weight excluding hydrogens is 174 g/mol. The lowest BCUT2D eigenvalue weighted by Gasteiger charge is -1.96. The molecule has 1 aromatic carbocycles. The number of Topliss-reactive ketones (excluding diaryl/α,β-unsaturated/α-hetero) is 1. The minimum atomic E-state index is 0.151. The van der Waals surface area contributed by atoms with E-state index in [1.807, 2.05) is 0 Å². The minimum Gasteiger partial charge on any atom is -0.300 e. The summed E-state index contributed by atoms with van der Waals surface area (Å²) in [4.78, 5) is 14.8. The first kappa shape index (κ1) is 10.6. The number of rotatable bonds is 4. The van der Waals surface area contributed by atoms with Gasteiger partial charge in [-0.2, -0.15) is 0 Å². The van der Waals surface area contributed by atoms with Crippen LogP contribution in [0.15, 0.2) is 29.3 Å². The van der Waals surface area contributed by atoms with Crippen molar-refractivity contribution < 1.29 is 4.79 Å². The van der Waals surface area contributed by atoms with E-state index in [2.05, 4.69) is 36.2 Å².